The van der Waals surface area contributed by atoms with Crippen LogP contribution >= 0.6 is 0 Å². The van der Waals surface area contributed by atoms with Crippen molar-refractivity contribution in [2.45, 2.75) is 6.42 Å². The Hall–Kier alpha value is -2.87. The number of nitrogens with one attached hydrogen (secondary N) is 2. The Kier molecular flexibility index (Phi) is 4.45. The molecule has 0 radical (unpaired) electrons. The van der Waals surface area contributed by atoms with Gasteiger partial charge in [-0.15, -0.1) is 0 Å². The highest BCUT2D eigenvalue weighted by atomic mass is 32.2. The standard InChI is InChI=1S/C17H17N3O4S/c1-25(23,24)20-10-9-13-11-14(7-8-15(13)20)17(22)19-18-16(21)12-5-3-2-4-6-12/h2-8,11H,9-10H2,1H3,(H,18,21)(H,19,22). The molecular formula is C17H17N3O4S. The molecule has 7 nitrogen and oxygen atoms in total. The number of amides is 2. The quantitative estimate of drug-likeness (QED) is 0.802. The molecule has 0 aromatic heterocycles. The minimum atomic E-state index is -3.33. The number of hydrogen-bond donors (Lipinski definition) is 2. The Labute approximate surface area is 145 Å². The predicted molar refractivity (Wildman–Crippen MR) is 93.7 cm³/mol. The lowest BCUT2D eigenvalue weighted by Gasteiger charge is -2.16. The van der Waals surface area contributed by atoms with Gasteiger partial charge in [0, 0.05) is 17.7 Å². The maximum Gasteiger partial charge on any atom is 0.269 e. The second kappa shape index (κ2) is 6.56. The Morgan fingerprint density at radius 2 is 1.60 bits per heavy atom. The molecule has 8 heteroatoms. The van der Waals surface area contributed by atoms with Gasteiger partial charge in [0.1, 0.15) is 0 Å². The van der Waals surface area contributed by atoms with Crippen LogP contribution in [-0.4, -0.2) is 33.0 Å². The molecule has 0 aliphatic carbocycles. The monoisotopic (exact) mass is 359 g/mol. The molecule has 1 aliphatic rings. The zero-order chi connectivity index (χ0) is 18.0. The van der Waals surface area contributed by atoms with Crippen molar-refractivity contribution in [1.82, 2.24) is 10.9 Å². The summed E-state index contributed by atoms with van der Waals surface area (Å²) in [4.78, 5) is 24.1. The zero-order valence-corrected chi connectivity index (χ0v) is 14.3. The molecule has 0 atom stereocenters. The average molecular weight is 359 g/mol. The van der Waals surface area contributed by atoms with E-state index in [0.29, 0.717) is 29.8 Å². The minimum Gasteiger partial charge on any atom is -0.270 e. The number of rotatable bonds is 3. The molecule has 0 saturated carbocycles. The fourth-order valence-corrected chi connectivity index (χ4v) is 3.66. The molecule has 2 aromatic carbocycles. The van der Waals surface area contributed by atoms with E-state index in [1.165, 1.54) is 10.4 Å². The number of benzene rings is 2. The van der Waals surface area contributed by atoms with Crippen molar-refractivity contribution in [3.63, 3.8) is 0 Å². The fraction of sp³-hybridized carbons (Fsp3) is 0.176. The lowest BCUT2D eigenvalue weighted by atomic mass is 10.1. The number of anilines is 1. The highest BCUT2D eigenvalue weighted by molar-refractivity contribution is 7.92. The van der Waals surface area contributed by atoms with Gasteiger partial charge < -0.3 is 0 Å². The summed E-state index contributed by atoms with van der Waals surface area (Å²) in [5.74, 6) is -0.886. The summed E-state index contributed by atoms with van der Waals surface area (Å²) in [6.45, 7) is 0.365. The summed E-state index contributed by atoms with van der Waals surface area (Å²) < 4.78 is 24.8. The fourth-order valence-electron chi connectivity index (χ4n) is 2.70. The predicted octanol–water partition coefficient (Wildman–Crippen LogP) is 1.08. The number of sulfonamides is 1. The van der Waals surface area contributed by atoms with E-state index in [9.17, 15) is 18.0 Å². The normalized spacial score (nSPS) is 13.2. The van der Waals surface area contributed by atoms with Crippen LogP contribution in [0.1, 0.15) is 26.3 Å². The molecule has 0 spiro atoms. The first-order chi connectivity index (χ1) is 11.9. The Bertz CT molecular complexity index is 926. The van der Waals surface area contributed by atoms with Gasteiger partial charge in [0.25, 0.3) is 11.8 Å². The number of fused-ring (bicyclic) bond motifs is 1. The largest absolute Gasteiger partial charge is 0.270 e. The number of carbonyl (C=O) groups excluding carboxylic acids is 2. The van der Waals surface area contributed by atoms with Crippen LogP contribution in [0, 0.1) is 0 Å². The molecular weight excluding hydrogens is 342 g/mol. The smallest absolute Gasteiger partial charge is 0.269 e. The SMILES string of the molecule is CS(=O)(=O)N1CCc2cc(C(=O)NNC(=O)c3ccccc3)ccc21. The number of carbonyl (C=O) groups is 2. The van der Waals surface area contributed by atoms with Crippen LogP contribution < -0.4 is 15.2 Å². The van der Waals surface area contributed by atoms with Crippen molar-refractivity contribution in [3.05, 3.63) is 65.2 Å². The Morgan fingerprint density at radius 3 is 2.24 bits per heavy atom. The molecule has 2 N–H and O–H groups in total. The molecule has 130 valence electrons. The third kappa shape index (κ3) is 3.63. The van der Waals surface area contributed by atoms with Crippen molar-refractivity contribution in [3.8, 4) is 0 Å². The van der Waals surface area contributed by atoms with E-state index in [0.717, 1.165) is 11.8 Å². The van der Waals surface area contributed by atoms with Crippen molar-refractivity contribution in [2.24, 2.45) is 0 Å². The van der Waals surface area contributed by atoms with Gasteiger partial charge in [-0.3, -0.25) is 24.7 Å². The van der Waals surface area contributed by atoms with Gasteiger partial charge >= 0.3 is 0 Å². The van der Waals surface area contributed by atoms with Crippen LogP contribution in [0.3, 0.4) is 0 Å². The summed E-state index contributed by atoms with van der Waals surface area (Å²) in [7, 11) is -3.33. The molecule has 2 aromatic rings. The van der Waals surface area contributed by atoms with Crippen molar-refractivity contribution in [1.29, 1.82) is 0 Å². The van der Waals surface area contributed by atoms with E-state index in [1.54, 1.807) is 42.5 Å². The third-order valence-corrected chi connectivity index (χ3v) is 5.10. The first-order valence-electron chi connectivity index (χ1n) is 7.62. The first kappa shape index (κ1) is 17.0. The lowest BCUT2D eigenvalue weighted by molar-refractivity contribution is 0.0846. The second-order valence-electron chi connectivity index (χ2n) is 5.70. The number of hydrazine groups is 1. The Morgan fingerprint density at radius 1 is 0.960 bits per heavy atom. The molecule has 1 heterocycles. The van der Waals surface area contributed by atoms with E-state index >= 15 is 0 Å². The molecule has 0 saturated heterocycles. The third-order valence-electron chi connectivity index (χ3n) is 3.92. The highest BCUT2D eigenvalue weighted by Gasteiger charge is 2.26. The molecule has 1 aliphatic heterocycles. The van der Waals surface area contributed by atoms with E-state index in [2.05, 4.69) is 10.9 Å². The summed E-state index contributed by atoms with van der Waals surface area (Å²) in [6, 6.07) is 13.3. The molecule has 2 amide bonds. The van der Waals surface area contributed by atoms with Crippen LogP contribution in [0.15, 0.2) is 48.5 Å². The molecule has 25 heavy (non-hydrogen) atoms. The zero-order valence-electron chi connectivity index (χ0n) is 13.5. The van der Waals surface area contributed by atoms with Gasteiger partial charge in [0.15, 0.2) is 0 Å². The number of nitrogens with zero attached hydrogens (tertiary/aromatic N) is 1. The topological polar surface area (TPSA) is 95.6 Å². The Balaban J connectivity index is 1.69. The van der Waals surface area contributed by atoms with Crippen molar-refractivity contribution >= 4 is 27.5 Å². The first-order valence-corrected chi connectivity index (χ1v) is 9.47. The van der Waals surface area contributed by atoms with Crippen LogP contribution in [0.25, 0.3) is 0 Å². The summed E-state index contributed by atoms with van der Waals surface area (Å²) in [5, 5.41) is 0. The summed E-state index contributed by atoms with van der Waals surface area (Å²) in [5.41, 5.74) is 6.87. The van der Waals surface area contributed by atoms with Gasteiger partial charge in [-0.25, -0.2) is 8.42 Å². The maximum atomic E-state index is 12.2. The van der Waals surface area contributed by atoms with Gasteiger partial charge in [-0.1, -0.05) is 18.2 Å². The van der Waals surface area contributed by atoms with Gasteiger partial charge in [0.05, 0.1) is 11.9 Å². The molecule has 3 rings (SSSR count). The van der Waals surface area contributed by atoms with Crippen LogP contribution in [0.4, 0.5) is 5.69 Å². The lowest BCUT2D eigenvalue weighted by Crippen LogP contribution is -2.41. The summed E-state index contributed by atoms with van der Waals surface area (Å²) >= 11 is 0. The summed E-state index contributed by atoms with van der Waals surface area (Å²) in [6.07, 6.45) is 1.70. The van der Waals surface area contributed by atoms with Crippen molar-refractivity contribution in [2.75, 3.05) is 17.1 Å². The maximum absolute atomic E-state index is 12.2. The minimum absolute atomic E-state index is 0.350. The molecule has 0 unspecified atom stereocenters. The van der Waals surface area contributed by atoms with Crippen LogP contribution in [-0.2, 0) is 16.4 Å². The molecule has 0 fully saturated rings. The van der Waals surface area contributed by atoms with Crippen molar-refractivity contribution < 1.29 is 18.0 Å². The van der Waals surface area contributed by atoms with E-state index in [4.69, 9.17) is 0 Å². The van der Waals surface area contributed by atoms with E-state index in [-0.39, 0.29) is 0 Å². The van der Waals surface area contributed by atoms with E-state index in [1.807, 2.05) is 0 Å². The van der Waals surface area contributed by atoms with Crippen LogP contribution in [0.5, 0.6) is 0 Å². The van der Waals surface area contributed by atoms with Gasteiger partial charge in [0.2, 0.25) is 10.0 Å². The number of hydrogen-bond acceptors (Lipinski definition) is 4. The average Bonchev–Trinajstić information content (AvgIpc) is 3.03. The van der Waals surface area contributed by atoms with Gasteiger partial charge in [-0.2, -0.15) is 0 Å². The van der Waals surface area contributed by atoms with E-state index < -0.39 is 21.8 Å². The van der Waals surface area contributed by atoms with Gasteiger partial charge in [-0.05, 0) is 42.3 Å². The highest BCUT2D eigenvalue weighted by Crippen LogP contribution is 2.30. The van der Waals surface area contributed by atoms with Crippen LogP contribution in [0.2, 0.25) is 0 Å². The second-order valence-corrected chi connectivity index (χ2v) is 7.61. The molecule has 0 bridgehead atoms.